The number of unbranched alkanes of at least 4 members (excludes halogenated alkanes) is 20. The number of hydrogen-bond donors (Lipinski definition) is 12. The second-order valence-electron chi connectivity index (χ2n) is 19.7. The highest BCUT2D eigenvalue weighted by Crippen LogP contribution is 2.33. The van der Waals surface area contributed by atoms with Crippen molar-refractivity contribution in [3.63, 3.8) is 0 Å². The largest absolute Gasteiger partial charge is 0.394 e. The maximum atomic E-state index is 13.2. The van der Waals surface area contributed by atoms with E-state index in [4.69, 9.17) is 28.4 Å². The smallest absolute Gasteiger partial charge is 0.220 e. The van der Waals surface area contributed by atoms with Crippen LogP contribution in [0.2, 0.25) is 0 Å². The van der Waals surface area contributed by atoms with Crippen LogP contribution in [0.1, 0.15) is 168 Å². The zero-order valence-corrected chi connectivity index (χ0v) is 42.7. The maximum absolute atomic E-state index is 13.2. The first kappa shape index (κ1) is 63.6. The predicted molar refractivity (Wildman–Crippen MR) is 263 cm³/mol. The van der Waals surface area contributed by atoms with E-state index in [0.717, 1.165) is 64.2 Å². The van der Waals surface area contributed by atoms with Crippen LogP contribution in [0.4, 0.5) is 0 Å². The molecule has 0 spiro atoms. The third-order valence-electron chi connectivity index (χ3n) is 13.7. The van der Waals surface area contributed by atoms with Gasteiger partial charge in [-0.1, -0.05) is 141 Å². The van der Waals surface area contributed by atoms with Crippen LogP contribution in [0.15, 0.2) is 24.3 Å². The van der Waals surface area contributed by atoms with E-state index in [9.17, 15) is 61.0 Å². The van der Waals surface area contributed by atoms with Crippen molar-refractivity contribution in [2.24, 2.45) is 0 Å². The van der Waals surface area contributed by atoms with Crippen molar-refractivity contribution in [1.82, 2.24) is 5.32 Å². The average Bonchev–Trinajstić information content (AvgIpc) is 3.36. The second kappa shape index (κ2) is 37.1. The van der Waals surface area contributed by atoms with E-state index in [-0.39, 0.29) is 18.9 Å². The molecule has 0 saturated carbocycles. The fourth-order valence-electron chi connectivity index (χ4n) is 9.18. The summed E-state index contributed by atoms with van der Waals surface area (Å²) in [5.41, 5.74) is 0. The molecule has 17 atom stereocenters. The molecule has 0 aromatic rings. The summed E-state index contributed by atoms with van der Waals surface area (Å²) in [6.07, 6.45) is 7.71. The summed E-state index contributed by atoms with van der Waals surface area (Å²) >= 11 is 0. The van der Waals surface area contributed by atoms with E-state index in [2.05, 4.69) is 31.3 Å². The molecule has 0 aliphatic carbocycles. The summed E-state index contributed by atoms with van der Waals surface area (Å²) < 4.78 is 34.1. The Labute approximate surface area is 422 Å². The number of rotatable bonds is 38. The van der Waals surface area contributed by atoms with Gasteiger partial charge in [-0.15, -0.1) is 0 Å². The molecule has 416 valence electrons. The lowest BCUT2D eigenvalue weighted by Gasteiger charge is -2.48. The number of nitrogens with one attached hydrogen (secondary N) is 1. The van der Waals surface area contributed by atoms with Gasteiger partial charge in [-0.3, -0.25) is 4.79 Å². The van der Waals surface area contributed by atoms with E-state index in [1.165, 1.54) is 77.0 Å². The Bertz CT molecular complexity index is 1410. The third-order valence-corrected chi connectivity index (χ3v) is 13.7. The van der Waals surface area contributed by atoms with Crippen molar-refractivity contribution in [3.8, 4) is 0 Å². The zero-order valence-electron chi connectivity index (χ0n) is 42.7. The minimum absolute atomic E-state index is 0.239. The lowest BCUT2D eigenvalue weighted by atomic mass is 9.96. The van der Waals surface area contributed by atoms with Gasteiger partial charge in [0, 0.05) is 6.42 Å². The molecule has 3 saturated heterocycles. The number of hydrogen-bond acceptors (Lipinski definition) is 18. The average molecular weight is 1020 g/mol. The van der Waals surface area contributed by atoms with Crippen molar-refractivity contribution in [2.75, 3.05) is 26.4 Å². The van der Waals surface area contributed by atoms with Crippen molar-refractivity contribution < 1.29 is 89.4 Å². The molecule has 19 nitrogen and oxygen atoms in total. The molecular weight excluding hydrogens is 927 g/mol. The Morgan fingerprint density at radius 2 is 0.887 bits per heavy atom. The van der Waals surface area contributed by atoms with Gasteiger partial charge in [0.15, 0.2) is 18.9 Å². The van der Waals surface area contributed by atoms with Crippen LogP contribution in [-0.2, 0) is 33.2 Å². The highest BCUT2D eigenvalue weighted by Gasteiger charge is 2.53. The lowest BCUT2D eigenvalue weighted by molar-refractivity contribution is -0.379. The number of aliphatic hydroxyl groups excluding tert-OH is 11. The first-order chi connectivity index (χ1) is 34.3. The Kier molecular flexibility index (Phi) is 33.2. The number of allylic oxidation sites excluding steroid dienone is 3. The molecule has 3 aliphatic heterocycles. The van der Waals surface area contributed by atoms with E-state index in [1.807, 2.05) is 6.08 Å². The number of aliphatic hydroxyl groups is 11. The summed E-state index contributed by atoms with van der Waals surface area (Å²) in [5, 5.41) is 119. The van der Waals surface area contributed by atoms with E-state index in [1.54, 1.807) is 6.08 Å². The molecule has 19 heteroatoms. The van der Waals surface area contributed by atoms with E-state index >= 15 is 0 Å². The Morgan fingerprint density at radius 1 is 0.493 bits per heavy atom. The summed E-state index contributed by atoms with van der Waals surface area (Å²) in [6.45, 7) is 1.64. The van der Waals surface area contributed by atoms with Gasteiger partial charge in [0.25, 0.3) is 0 Å². The fourth-order valence-corrected chi connectivity index (χ4v) is 9.18. The SMILES string of the molecule is CCCCCCCC/C=C/C(O)C(COC1OC(CO)C(OC2OC(CO)C(OC3OC(CO)C(O)C(O)C3O)C(O)C2O)C(O)C1O)NC(=O)CCCCCCCCC/C=C\CCCCCCCCC. The second-order valence-corrected chi connectivity index (χ2v) is 19.7. The minimum Gasteiger partial charge on any atom is -0.394 e. The molecule has 3 fully saturated rings. The molecule has 3 rings (SSSR count). The summed E-state index contributed by atoms with van der Waals surface area (Å²) in [7, 11) is 0. The summed E-state index contributed by atoms with van der Waals surface area (Å²) in [5.74, 6) is -0.285. The molecular formula is C52H95NO18. The van der Waals surface area contributed by atoms with Crippen molar-refractivity contribution in [3.05, 3.63) is 24.3 Å². The van der Waals surface area contributed by atoms with Crippen LogP contribution >= 0.6 is 0 Å². The van der Waals surface area contributed by atoms with E-state index < -0.39 is 124 Å². The van der Waals surface area contributed by atoms with Gasteiger partial charge in [0.05, 0.1) is 38.6 Å². The van der Waals surface area contributed by atoms with Gasteiger partial charge in [0.1, 0.15) is 73.2 Å². The molecule has 1 amide bonds. The summed E-state index contributed by atoms with van der Waals surface area (Å²) in [4.78, 5) is 13.2. The van der Waals surface area contributed by atoms with Gasteiger partial charge in [0.2, 0.25) is 5.91 Å². The number of ether oxygens (including phenoxy) is 6. The van der Waals surface area contributed by atoms with Gasteiger partial charge in [-0.05, 0) is 44.9 Å². The fraction of sp³-hybridized carbons (Fsp3) is 0.904. The highest BCUT2D eigenvalue weighted by molar-refractivity contribution is 5.76. The maximum Gasteiger partial charge on any atom is 0.220 e. The van der Waals surface area contributed by atoms with Crippen LogP contribution in [0, 0.1) is 0 Å². The molecule has 0 bridgehead atoms. The number of amides is 1. The summed E-state index contributed by atoms with van der Waals surface area (Å²) in [6, 6.07) is -0.969. The molecule has 3 aliphatic rings. The zero-order chi connectivity index (χ0) is 52.0. The van der Waals surface area contributed by atoms with Crippen LogP contribution in [0.25, 0.3) is 0 Å². The predicted octanol–water partition coefficient (Wildman–Crippen LogP) is 2.81. The number of carbonyl (C=O) groups excluding carboxylic acids is 1. The van der Waals surface area contributed by atoms with Crippen LogP contribution in [0.3, 0.4) is 0 Å². The van der Waals surface area contributed by atoms with Crippen molar-refractivity contribution >= 4 is 5.91 Å². The lowest BCUT2D eigenvalue weighted by Crippen LogP contribution is -2.66. The topological polar surface area (TPSA) is 307 Å². The van der Waals surface area contributed by atoms with Gasteiger partial charge < -0.3 is 89.9 Å². The molecule has 0 aromatic heterocycles. The molecule has 17 unspecified atom stereocenters. The molecule has 3 heterocycles. The van der Waals surface area contributed by atoms with Crippen LogP contribution in [-0.4, -0.2) is 193 Å². The molecule has 71 heavy (non-hydrogen) atoms. The highest BCUT2D eigenvalue weighted by atomic mass is 16.8. The van der Waals surface area contributed by atoms with Gasteiger partial charge >= 0.3 is 0 Å². The standard InChI is InChI=1S/C52H95NO18/c1-3-5-7-9-11-13-14-15-16-17-18-19-20-21-22-24-26-28-30-40(58)53-35(36(57)29-27-25-23-12-10-8-6-4-2)34-66-50-46(64)43(61)48(38(32-55)68-50)71-52-47(65)44(62)49(39(33-56)69-52)70-51-45(63)42(60)41(59)37(31-54)67-51/h16-17,27,29,35-39,41-52,54-57,59-65H,3-15,18-26,28,30-34H2,1-2H3,(H,53,58)/b17-16-,29-27+. The molecule has 12 N–H and O–H groups in total. The molecule has 0 aromatic carbocycles. The monoisotopic (exact) mass is 1020 g/mol. The van der Waals surface area contributed by atoms with Crippen LogP contribution < -0.4 is 5.32 Å². The van der Waals surface area contributed by atoms with Gasteiger partial charge in [-0.25, -0.2) is 0 Å². The number of carbonyl (C=O) groups is 1. The molecule has 0 radical (unpaired) electrons. The minimum atomic E-state index is -1.97. The third kappa shape index (κ3) is 22.6. The Morgan fingerprint density at radius 3 is 1.37 bits per heavy atom. The first-order valence-electron chi connectivity index (χ1n) is 27.1. The van der Waals surface area contributed by atoms with E-state index in [0.29, 0.717) is 6.42 Å². The normalized spacial score (nSPS) is 32.4. The first-order valence-corrected chi connectivity index (χ1v) is 27.1. The quantitative estimate of drug-likeness (QED) is 0.0313. The Balaban J connectivity index is 1.50. The van der Waals surface area contributed by atoms with Crippen LogP contribution in [0.5, 0.6) is 0 Å². The Hall–Kier alpha value is -1.73. The van der Waals surface area contributed by atoms with Crippen molar-refractivity contribution in [2.45, 2.75) is 272 Å². The van der Waals surface area contributed by atoms with Gasteiger partial charge in [-0.2, -0.15) is 0 Å². The van der Waals surface area contributed by atoms with Crippen molar-refractivity contribution in [1.29, 1.82) is 0 Å².